The van der Waals surface area contributed by atoms with Crippen LogP contribution < -0.4 is 11.2 Å². The minimum Gasteiger partial charge on any atom is -0.384 e. The molecule has 0 aromatic heterocycles. The van der Waals surface area contributed by atoms with Crippen LogP contribution in [0.25, 0.3) is 0 Å². The van der Waals surface area contributed by atoms with E-state index in [1.165, 1.54) is 0 Å². The number of rotatable bonds is 0. The summed E-state index contributed by atoms with van der Waals surface area (Å²) in [5.74, 6) is 0.630. The smallest absolute Gasteiger partial charge is 0.118 e. The van der Waals surface area contributed by atoms with Crippen LogP contribution in [0.3, 0.4) is 0 Å². The van der Waals surface area contributed by atoms with Crippen LogP contribution in [-0.4, -0.2) is 17.9 Å². The molecule has 0 fully saturated rings. The minimum atomic E-state index is 0.630. The summed E-state index contributed by atoms with van der Waals surface area (Å²) >= 11 is 0. The van der Waals surface area contributed by atoms with Crippen LogP contribution in [0.5, 0.6) is 0 Å². The van der Waals surface area contributed by atoms with Crippen molar-refractivity contribution in [2.75, 3.05) is 7.05 Å². The summed E-state index contributed by atoms with van der Waals surface area (Å²) in [5, 5.41) is 5.59. The third-order valence-corrected chi connectivity index (χ3v) is 0.963. The Morgan fingerprint density at radius 1 is 1.78 bits per heavy atom. The van der Waals surface area contributed by atoms with Gasteiger partial charge in [-0.3, -0.25) is 5.43 Å². The first-order valence-corrected chi connectivity index (χ1v) is 2.71. The third kappa shape index (κ3) is 1.35. The number of nitrogens with zero attached hydrogens (tertiary/aromatic N) is 2. The first-order chi connectivity index (χ1) is 4.18. The summed E-state index contributed by atoms with van der Waals surface area (Å²) in [6.45, 7) is 1.89. The lowest BCUT2D eigenvalue weighted by molar-refractivity contribution is 0.273. The first kappa shape index (κ1) is 5.94. The molecule has 0 aromatic rings. The van der Waals surface area contributed by atoms with E-state index in [0.29, 0.717) is 5.82 Å². The summed E-state index contributed by atoms with van der Waals surface area (Å²) < 4.78 is 0. The van der Waals surface area contributed by atoms with Gasteiger partial charge in [0.25, 0.3) is 0 Å². The number of hydrogen-bond acceptors (Lipinski definition) is 4. The van der Waals surface area contributed by atoms with E-state index in [-0.39, 0.29) is 0 Å². The summed E-state index contributed by atoms with van der Waals surface area (Å²) in [6, 6.07) is 0. The van der Waals surface area contributed by atoms with E-state index in [2.05, 4.69) is 10.5 Å². The van der Waals surface area contributed by atoms with Crippen LogP contribution >= 0.6 is 0 Å². The maximum atomic E-state index is 5.44. The highest BCUT2D eigenvalue weighted by atomic mass is 15.7. The van der Waals surface area contributed by atoms with E-state index >= 15 is 0 Å². The molecule has 1 aliphatic heterocycles. The Morgan fingerprint density at radius 3 is 2.89 bits per heavy atom. The van der Waals surface area contributed by atoms with Crippen LogP contribution in [-0.2, 0) is 0 Å². The van der Waals surface area contributed by atoms with E-state index in [1.807, 2.05) is 6.92 Å². The van der Waals surface area contributed by atoms with Crippen molar-refractivity contribution in [3.8, 4) is 0 Å². The Kier molecular flexibility index (Phi) is 1.30. The van der Waals surface area contributed by atoms with Gasteiger partial charge in [0.1, 0.15) is 5.82 Å². The first-order valence-electron chi connectivity index (χ1n) is 2.71. The summed E-state index contributed by atoms with van der Waals surface area (Å²) in [6.07, 6.45) is 1.78. The second-order valence-electron chi connectivity index (χ2n) is 1.98. The Balaban J connectivity index is 2.74. The molecule has 0 aromatic carbocycles. The number of hydrazone groups is 1. The van der Waals surface area contributed by atoms with E-state index in [1.54, 1.807) is 18.2 Å². The van der Waals surface area contributed by atoms with Crippen LogP contribution in [0, 0.1) is 0 Å². The largest absolute Gasteiger partial charge is 0.384 e. The Labute approximate surface area is 54.0 Å². The van der Waals surface area contributed by atoms with Crippen molar-refractivity contribution in [3.05, 3.63) is 11.9 Å². The van der Waals surface area contributed by atoms with Crippen LogP contribution in [0.2, 0.25) is 0 Å². The molecule has 1 heterocycles. The van der Waals surface area contributed by atoms with Gasteiger partial charge in [-0.2, -0.15) is 5.10 Å². The number of nitrogens with two attached hydrogens (primary N) is 1. The van der Waals surface area contributed by atoms with Gasteiger partial charge in [-0.15, -0.1) is 0 Å². The summed E-state index contributed by atoms with van der Waals surface area (Å²) in [7, 11) is 1.80. The van der Waals surface area contributed by atoms with E-state index in [9.17, 15) is 0 Å². The van der Waals surface area contributed by atoms with Gasteiger partial charge in [0, 0.05) is 13.1 Å². The minimum absolute atomic E-state index is 0.630. The fraction of sp³-hybridized carbons (Fsp3) is 0.400. The zero-order valence-electron chi connectivity index (χ0n) is 5.55. The van der Waals surface area contributed by atoms with Crippen LogP contribution in [0.1, 0.15) is 6.92 Å². The topological polar surface area (TPSA) is 53.6 Å². The molecule has 0 saturated carbocycles. The van der Waals surface area contributed by atoms with Crippen molar-refractivity contribution in [1.82, 2.24) is 10.5 Å². The average Bonchev–Trinajstić information content (AvgIpc) is 1.59. The Bertz CT molecular complexity index is 170. The van der Waals surface area contributed by atoms with Crippen molar-refractivity contribution in [2.45, 2.75) is 6.92 Å². The van der Waals surface area contributed by atoms with Gasteiger partial charge < -0.3 is 5.73 Å². The van der Waals surface area contributed by atoms with Crippen molar-refractivity contribution in [2.24, 2.45) is 10.8 Å². The molecule has 1 rings (SSSR count). The van der Waals surface area contributed by atoms with Crippen molar-refractivity contribution < 1.29 is 0 Å². The quantitative estimate of drug-likeness (QED) is 0.465. The number of allylic oxidation sites excluding steroid dienone is 1. The molecule has 1 aliphatic rings. The normalized spacial score (nSPS) is 18.2. The second-order valence-corrected chi connectivity index (χ2v) is 1.98. The Morgan fingerprint density at radius 2 is 2.44 bits per heavy atom. The van der Waals surface area contributed by atoms with Gasteiger partial charge in [0.05, 0.1) is 5.71 Å². The molecule has 0 bridgehead atoms. The molecule has 0 amide bonds. The molecular formula is C5H10N4. The van der Waals surface area contributed by atoms with Gasteiger partial charge in [0.2, 0.25) is 0 Å². The molecule has 0 spiro atoms. The zero-order chi connectivity index (χ0) is 6.85. The highest BCUT2D eigenvalue weighted by molar-refractivity contribution is 5.93. The molecule has 0 aliphatic carbocycles. The monoisotopic (exact) mass is 126 g/mol. The predicted molar refractivity (Wildman–Crippen MR) is 36.3 cm³/mol. The molecule has 0 unspecified atom stereocenters. The maximum Gasteiger partial charge on any atom is 0.118 e. The number of hydrogen-bond donors (Lipinski definition) is 2. The number of hydrazine groups is 1. The lowest BCUT2D eigenvalue weighted by Crippen LogP contribution is -2.36. The van der Waals surface area contributed by atoms with Crippen LogP contribution in [0.4, 0.5) is 0 Å². The summed E-state index contributed by atoms with van der Waals surface area (Å²) in [4.78, 5) is 0. The average molecular weight is 126 g/mol. The fourth-order valence-electron chi connectivity index (χ4n) is 0.735. The van der Waals surface area contributed by atoms with Gasteiger partial charge in [-0.25, -0.2) is 5.12 Å². The standard InChI is InChI=1S/C5H10N4/c1-4-3-5(6)8-9(2)7-4/h3,8H,6H2,1-2H3. The van der Waals surface area contributed by atoms with E-state index in [4.69, 9.17) is 5.73 Å². The zero-order valence-corrected chi connectivity index (χ0v) is 5.55. The van der Waals surface area contributed by atoms with Gasteiger partial charge in [0.15, 0.2) is 0 Å². The van der Waals surface area contributed by atoms with Crippen LogP contribution in [0.15, 0.2) is 17.0 Å². The van der Waals surface area contributed by atoms with Crippen molar-refractivity contribution >= 4 is 5.71 Å². The second kappa shape index (κ2) is 1.97. The lowest BCUT2D eigenvalue weighted by atomic mass is 10.4. The molecule has 0 saturated heterocycles. The SMILES string of the molecule is CC1=NN(C)NC(N)=C1. The predicted octanol–water partition coefficient (Wildman–Crippen LogP) is -0.388. The molecular weight excluding hydrogens is 116 g/mol. The molecule has 3 N–H and O–H groups in total. The third-order valence-electron chi connectivity index (χ3n) is 0.963. The lowest BCUT2D eigenvalue weighted by Gasteiger charge is -2.19. The fourth-order valence-corrected chi connectivity index (χ4v) is 0.735. The molecule has 0 radical (unpaired) electrons. The van der Waals surface area contributed by atoms with E-state index in [0.717, 1.165) is 5.71 Å². The van der Waals surface area contributed by atoms with Gasteiger partial charge in [-0.1, -0.05) is 0 Å². The summed E-state index contributed by atoms with van der Waals surface area (Å²) in [5.41, 5.74) is 9.15. The highest BCUT2D eigenvalue weighted by Crippen LogP contribution is 1.93. The molecule has 4 heteroatoms. The van der Waals surface area contributed by atoms with E-state index < -0.39 is 0 Å². The van der Waals surface area contributed by atoms with Gasteiger partial charge >= 0.3 is 0 Å². The van der Waals surface area contributed by atoms with Gasteiger partial charge in [-0.05, 0) is 6.92 Å². The number of nitrogens with one attached hydrogen (secondary N) is 1. The maximum absolute atomic E-state index is 5.44. The molecule has 50 valence electrons. The molecule has 0 atom stereocenters. The van der Waals surface area contributed by atoms with Crippen molar-refractivity contribution in [1.29, 1.82) is 0 Å². The Hall–Kier alpha value is -1.19. The molecule has 9 heavy (non-hydrogen) atoms. The highest BCUT2D eigenvalue weighted by Gasteiger charge is 2.00. The molecule has 4 nitrogen and oxygen atoms in total. The van der Waals surface area contributed by atoms with Crippen molar-refractivity contribution in [3.63, 3.8) is 0 Å².